The SMILES string of the molecule is COc1ccccc1C(N)CS(=O)c1ccc(F)c(Cl)c1. The normalized spacial score (nSPS) is 13.7. The van der Waals surface area contributed by atoms with E-state index in [1.54, 1.807) is 13.2 Å². The van der Waals surface area contributed by atoms with Gasteiger partial charge in [0, 0.05) is 22.3 Å². The number of para-hydroxylation sites is 1. The van der Waals surface area contributed by atoms with Crippen LogP contribution in [0, 0.1) is 5.82 Å². The van der Waals surface area contributed by atoms with Gasteiger partial charge in [-0.25, -0.2) is 4.39 Å². The second kappa shape index (κ2) is 7.02. The number of hydrogen-bond donors (Lipinski definition) is 1. The molecule has 2 aromatic rings. The van der Waals surface area contributed by atoms with Crippen LogP contribution in [0.15, 0.2) is 47.4 Å². The first-order valence-corrected chi connectivity index (χ1v) is 7.94. The zero-order chi connectivity index (χ0) is 15.4. The quantitative estimate of drug-likeness (QED) is 0.916. The third-order valence-corrected chi connectivity index (χ3v) is 4.75. The van der Waals surface area contributed by atoms with Crippen LogP contribution in [-0.4, -0.2) is 17.1 Å². The predicted molar refractivity (Wildman–Crippen MR) is 82.6 cm³/mol. The monoisotopic (exact) mass is 327 g/mol. The van der Waals surface area contributed by atoms with Gasteiger partial charge in [-0.15, -0.1) is 0 Å². The number of halogens is 2. The number of nitrogens with two attached hydrogens (primary N) is 1. The first-order chi connectivity index (χ1) is 10.0. The minimum absolute atomic E-state index is 0.0493. The zero-order valence-corrected chi connectivity index (χ0v) is 13.0. The molecule has 2 N–H and O–H groups in total. The lowest BCUT2D eigenvalue weighted by Crippen LogP contribution is -2.19. The second-order valence-corrected chi connectivity index (χ2v) is 6.34. The van der Waals surface area contributed by atoms with Crippen LogP contribution < -0.4 is 10.5 Å². The number of methoxy groups -OCH3 is 1. The maximum atomic E-state index is 13.1. The highest BCUT2D eigenvalue weighted by Gasteiger charge is 2.16. The van der Waals surface area contributed by atoms with Gasteiger partial charge in [-0.3, -0.25) is 4.21 Å². The molecule has 0 aliphatic carbocycles. The van der Waals surface area contributed by atoms with E-state index in [0.29, 0.717) is 10.6 Å². The van der Waals surface area contributed by atoms with Gasteiger partial charge in [0.15, 0.2) is 0 Å². The van der Waals surface area contributed by atoms with E-state index < -0.39 is 22.7 Å². The van der Waals surface area contributed by atoms with Gasteiger partial charge in [0.25, 0.3) is 0 Å². The van der Waals surface area contributed by atoms with E-state index in [1.165, 1.54) is 18.2 Å². The summed E-state index contributed by atoms with van der Waals surface area (Å²) in [7, 11) is 0.183. The van der Waals surface area contributed by atoms with Crippen molar-refractivity contribution in [3.05, 3.63) is 58.9 Å². The molecule has 0 aliphatic heterocycles. The van der Waals surface area contributed by atoms with Crippen molar-refractivity contribution in [3.8, 4) is 5.75 Å². The maximum absolute atomic E-state index is 13.1. The van der Waals surface area contributed by atoms with Gasteiger partial charge in [-0.2, -0.15) is 0 Å². The lowest BCUT2D eigenvalue weighted by Gasteiger charge is -2.15. The summed E-state index contributed by atoms with van der Waals surface area (Å²) in [5.74, 6) is 0.313. The number of rotatable bonds is 5. The minimum Gasteiger partial charge on any atom is -0.496 e. The van der Waals surface area contributed by atoms with Gasteiger partial charge in [0.1, 0.15) is 11.6 Å². The highest BCUT2D eigenvalue weighted by Crippen LogP contribution is 2.25. The van der Waals surface area contributed by atoms with Crippen LogP contribution in [0.4, 0.5) is 4.39 Å². The molecule has 0 spiro atoms. The molecule has 6 heteroatoms. The Morgan fingerprint density at radius 3 is 2.71 bits per heavy atom. The van der Waals surface area contributed by atoms with E-state index in [-0.39, 0.29) is 10.8 Å². The Hall–Kier alpha value is -1.43. The van der Waals surface area contributed by atoms with Crippen LogP contribution in [0.3, 0.4) is 0 Å². The largest absolute Gasteiger partial charge is 0.496 e. The third-order valence-electron chi connectivity index (χ3n) is 3.02. The van der Waals surface area contributed by atoms with Crippen molar-refractivity contribution >= 4 is 22.4 Å². The molecule has 2 unspecified atom stereocenters. The molecular weight excluding hydrogens is 313 g/mol. The Morgan fingerprint density at radius 2 is 2.05 bits per heavy atom. The van der Waals surface area contributed by atoms with Crippen molar-refractivity contribution in [1.82, 2.24) is 0 Å². The summed E-state index contributed by atoms with van der Waals surface area (Å²) in [6.45, 7) is 0. The van der Waals surface area contributed by atoms with Gasteiger partial charge in [-0.1, -0.05) is 29.8 Å². The fraction of sp³-hybridized carbons (Fsp3) is 0.200. The topological polar surface area (TPSA) is 52.3 Å². The van der Waals surface area contributed by atoms with Gasteiger partial charge in [0.2, 0.25) is 0 Å². The molecule has 2 atom stereocenters. The van der Waals surface area contributed by atoms with Crippen molar-refractivity contribution in [3.63, 3.8) is 0 Å². The smallest absolute Gasteiger partial charge is 0.141 e. The molecule has 0 aliphatic rings. The van der Waals surface area contributed by atoms with Crippen molar-refractivity contribution in [1.29, 1.82) is 0 Å². The molecule has 0 fully saturated rings. The van der Waals surface area contributed by atoms with Crippen LogP contribution >= 0.6 is 11.6 Å². The Balaban J connectivity index is 2.16. The molecule has 112 valence electrons. The van der Waals surface area contributed by atoms with E-state index >= 15 is 0 Å². The lowest BCUT2D eigenvalue weighted by atomic mass is 10.1. The molecule has 0 saturated heterocycles. The number of ether oxygens (including phenoxy) is 1. The molecule has 0 radical (unpaired) electrons. The zero-order valence-electron chi connectivity index (χ0n) is 11.4. The van der Waals surface area contributed by atoms with Crippen LogP contribution in [0.5, 0.6) is 5.75 Å². The fourth-order valence-corrected chi connectivity index (χ4v) is 3.35. The summed E-state index contributed by atoms with van der Waals surface area (Å²) < 4.78 is 30.7. The number of benzene rings is 2. The summed E-state index contributed by atoms with van der Waals surface area (Å²) >= 11 is 5.70. The summed E-state index contributed by atoms with van der Waals surface area (Å²) in [6, 6.07) is 10.9. The molecule has 0 bridgehead atoms. The van der Waals surface area contributed by atoms with Crippen molar-refractivity contribution in [2.24, 2.45) is 5.73 Å². The third kappa shape index (κ3) is 3.81. The van der Waals surface area contributed by atoms with Crippen LogP contribution in [0.2, 0.25) is 5.02 Å². The molecule has 0 heterocycles. The van der Waals surface area contributed by atoms with E-state index in [9.17, 15) is 8.60 Å². The number of hydrogen-bond acceptors (Lipinski definition) is 3. The minimum atomic E-state index is -1.37. The van der Waals surface area contributed by atoms with Crippen LogP contribution in [-0.2, 0) is 10.8 Å². The maximum Gasteiger partial charge on any atom is 0.141 e. The van der Waals surface area contributed by atoms with E-state index in [4.69, 9.17) is 22.1 Å². The molecule has 2 rings (SSSR count). The van der Waals surface area contributed by atoms with E-state index in [2.05, 4.69) is 0 Å². The van der Waals surface area contributed by atoms with Crippen LogP contribution in [0.1, 0.15) is 11.6 Å². The average molecular weight is 328 g/mol. The highest BCUT2D eigenvalue weighted by molar-refractivity contribution is 7.85. The Bertz CT molecular complexity index is 666. The molecule has 21 heavy (non-hydrogen) atoms. The van der Waals surface area contributed by atoms with Gasteiger partial charge < -0.3 is 10.5 Å². The first kappa shape index (κ1) is 15.9. The Morgan fingerprint density at radius 1 is 1.33 bits per heavy atom. The Kier molecular flexibility index (Phi) is 5.33. The second-order valence-electron chi connectivity index (χ2n) is 4.44. The summed E-state index contributed by atoms with van der Waals surface area (Å²) in [5, 5.41) is -0.0493. The predicted octanol–water partition coefficient (Wildman–Crippen LogP) is 3.30. The first-order valence-electron chi connectivity index (χ1n) is 6.25. The molecule has 2 aromatic carbocycles. The molecule has 0 aromatic heterocycles. The summed E-state index contributed by atoms with van der Waals surface area (Å²) in [6.07, 6.45) is 0. The van der Waals surface area contributed by atoms with Crippen molar-refractivity contribution in [2.45, 2.75) is 10.9 Å². The Labute approximate surface area is 130 Å². The molecule has 0 saturated carbocycles. The summed E-state index contributed by atoms with van der Waals surface area (Å²) in [4.78, 5) is 0.451. The highest BCUT2D eigenvalue weighted by atomic mass is 35.5. The summed E-state index contributed by atoms with van der Waals surface area (Å²) in [5.41, 5.74) is 6.88. The molecule has 0 amide bonds. The standard InChI is InChI=1S/C15H15ClFNO2S/c1-20-15-5-3-2-4-11(15)14(18)9-21(19)10-6-7-13(17)12(16)8-10/h2-8,14H,9,18H2,1H3. The van der Waals surface area contributed by atoms with Crippen molar-refractivity contribution in [2.75, 3.05) is 12.9 Å². The fourth-order valence-electron chi connectivity index (χ4n) is 1.94. The van der Waals surface area contributed by atoms with Crippen molar-refractivity contribution < 1.29 is 13.3 Å². The lowest BCUT2D eigenvalue weighted by molar-refractivity contribution is 0.407. The van der Waals surface area contributed by atoms with Crippen LogP contribution in [0.25, 0.3) is 0 Å². The van der Waals surface area contributed by atoms with E-state index in [1.807, 2.05) is 18.2 Å². The van der Waals surface area contributed by atoms with Gasteiger partial charge in [-0.05, 0) is 24.3 Å². The molecule has 3 nitrogen and oxygen atoms in total. The average Bonchev–Trinajstić information content (AvgIpc) is 2.49. The molecular formula is C15H15ClFNO2S. The van der Waals surface area contributed by atoms with Gasteiger partial charge in [0.05, 0.1) is 22.9 Å². The van der Waals surface area contributed by atoms with E-state index in [0.717, 1.165) is 5.56 Å². The van der Waals surface area contributed by atoms with Gasteiger partial charge >= 0.3 is 0 Å².